The lowest BCUT2D eigenvalue weighted by atomic mass is 9.98. The molecule has 0 bridgehead atoms. The van der Waals surface area contributed by atoms with Gasteiger partial charge in [0.05, 0.1) is 11.4 Å². The summed E-state index contributed by atoms with van der Waals surface area (Å²) in [4.78, 5) is 30.8. The molecule has 0 spiro atoms. The summed E-state index contributed by atoms with van der Waals surface area (Å²) in [5.74, 6) is -1.43. The van der Waals surface area contributed by atoms with Gasteiger partial charge < -0.3 is 5.11 Å². The van der Waals surface area contributed by atoms with Gasteiger partial charge in [0.1, 0.15) is 12.6 Å². The van der Waals surface area contributed by atoms with Gasteiger partial charge in [0, 0.05) is 16.1 Å². The standard InChI is InChI=1S/C21H21ClN2O3/c1-3-13(2)19-21(27)24(12-18(25)26)17-11-15(22)9-10-16(17)20(23-19)14-7-5-4-6-8-14/h4-11,13,19H,3,12H2,1-2H3,(H,25,26)/t13?,19-/m0/s1. The Morgan fingerprint density at radius 3 is 2.59 bits per heavy atom. The third-order valence-corrected chi connectivity index (χ3v) is 5.05. The number of aliphatic imine (C=N–C) groups is 1. The van der Waals surface area contributed by atoms with Crippen LogP contribution < -0.4 is 4.90 Å². The number of anilines is 1. The minimum atomic E-state index is -1.08. The van der Waals surface area contributed by atoms with Crippen molar-refractivity contribution in [2.45, 2.75) is 26.3 Å². The molecule has 0 aliphatic carbocycles. The van der Waals surface area contributed by atoms with Crippen molar-refractivity contribution in [1.82, 2.24) is 0 Å². The molecule has 2 aromatic rings. The SMILES string of the molecule is CCC(C)[C@@H]1N=C(c2ccccc2)c2ccc(Cl)cc2N(CC(=O)O)C1=O. The van der Waals surface area contributed by atoms with Gasteiger partial charge in [-0.1, -0.05) is 62.2 Å². The highest BCUT2D eigenvalue weighted by Crippen LogP contribution is 2.33. The third kappa shape index (κ3) is 3.88. The minimum absolute atomic E-state index is 0.0303. The van der Waals surface area contributed by atoms with Gasteiger partial charge in [-0.3, -0.25) is 19.5 Å². The third-order valence-electron chi connectivity index (χ3n) is 4.82. The van der Waals surface area contributed by atoms with Crippen LogP contribution in [0.15, 0.2) is 53.5 Å². The molecule has 0 saturated heterocycles. The molecule has 1 aliphatic heterocycles. The van der Waals surface area contributed by atoms with Gasteiger partial charge in [0.25, 0.3) is 5.91 Å². The highest BCUT2D eigenvalue weighted by molar-refractivity contribution is 6.31. The number of benzene rings is 2. The summed E-state index contributed by atoms with van der Waals surface area (Å²) in [5, 5.41) is 9.81. The Morgan fingerprint density at radius 2 is 1.96 bits per heavy atom. The fraction of sp³-hybridized carbons (Fsp3) is 0.286. The molecule has 0 saturated carbocycles. The summed E-state index contributed by atoms with van der Waals surface area (Å²) in [6.07, 6.45) is 0.750. The normalized spacial score (nSPS) is 17.7. The molecule has 3 rings (SSSR count). The van der Waals surface area contributed by atoms with Gasteiger partial charge in [0.15, 0.2) is 0 Å². The second-order valence-corrected chi connectivity index (χ2v) is 7.09. The highest BCUT2D eigenvalue weighted by Gasteiger charge is 2.35. The number of aliphatic carboxylic acids is 1. The number of halogens is 1. The highest BCUT2D eigenvalue weighted by atomic mass is 35.5. The molecule has 0 fully saturated rings. The maximum Gasteiger partial charge on any atom is 0.323 e. The van der Waals surface area contributed by atoms with Crippen molar-refractivity contribution in [2.24, 2.45) is 10.9 Å². The van der Waals surface area contributed by atoms with Gasteiger partial charge >= 0.3 is 5.97 Å². The number of nitrogens with zero attached hydrogens (tertiary/aromatic N) is 2. The van der Waals surface area contributed by atoms with E-state index in [-0.39, 0.29) is 11.8 Å². The number of carbonyl (C=O) groups is 2. The second kappa shape index (κ2) is 7.92. The number of hydrogen-bond acceptors (Lipinski definition) is 3. The summed E-state index contributed by atoms with van der Waals surface area (Å²) >= 11 is 6.17. The number of carboxylic acids is 1. The van der Waals surface area contributed by atoms with Crippen LogP contribution in [0.4, 0.5) is 5.69 Å². The Morgan fingerprint density at radius 1 is 1.26 bits per heavy atom. The van der Waals surface area contributed by atoms with Crippen molar-refractivity contribution in [1.29, 1.82) is 0 Å². The van der Waals surface area contributed by atoms with E-state index in [1.807, 2.05) is 44.2 Å². The summed E-state index contributed by atoms with van der Waals surface area (Å²) in [6.45, 7) is 3.51. The lowest BCUT2D eigenvalue weighted by Gasteiger charge is -2.25. The van der Waals surface area contributed by atoms with E-state index in [1.165, 1.54) is 4.90 Å². The van der Waals surface area contributed by atoms with Crippen LogP contribution in [0, 0.1) is 5.92 Å². The predicted molar refractivity (Wildman–Crippen MR) is 107 cm³/mol. The molecule has 1 N–H and O–H groups in total. The maximum atomic E-state index is 13.2. The quantitative estimate of drug-likeness (QED) is 0.846. The molecule has 0 aromatic heterocycles. The van der Waals surface area contributed by atoms with Crippen LogP contribution in [-0.2, 0) is 9.59 Å². The molecule has 1 amide bonds. The van der Waals surface area contributed by atoms with Gasteiger partial charge in [0.2, 0.25) is 0 Å². The monoisotopic (exact) mass is 384 g/mol. The Balaban J connectivity index is 2.27. The van der Waals surface area contributed by atoms with E-state index in [0.29, 0.717) is 22.0 Å². The molecule has 2 atom stereocenters. The average Bonchev–Trinajstić information content (AvgIpc) is 2.77. The van der Waals surface area contributed by atoms with E-state index >= 15 is 0 Å². The fourth-order valence-corrected chi connectivity index (χ4v) is 3.36. The van der Waals surface area contributed by atoms with Gasteiger partial charge in [-0.15, -0.1) is 0 Å². The van der Waals surface area contributed by atoms with Crippen molar-refractivity contribution in [2.75, 3.05) is 11.4 Å². The van der Waals surface area contributed by atoms with Crippen LogP contribution in [0.2, 0.25) is 5.02 Å². The van der Waals surface area contributed by atoms with E-state index in [0.717, 1.165) is 12.0 Å². The zero-order valence-corrected chi connectivity index (χ0v) is 16.0. The molecule has 1 aliphatic rings. The smallest absolute Gasteiger partial charge is 0.323 e. The van der Waals surface area contributed by atoms with Crippen molar-refractivity contribution in [3.63, 3.8) is 0 Å². The lowest BCUT2D eigenvalue weighted by molar-refractivity contribution is -0.136. The van der Waals surface area contributed by atoms with E-state index in [4.69, 9.17) is 16.6 Å². The minimum Gasteiger partial charge on any atom is -0.480 e. The Kier molecular flexibility index (Phi) is 5.61. The number of carboxylic acid groups (broad SMARTS) is 1. The fourth-order valence-electron chi connectivity index (χ4n) is 3.19. The van der Waals surface area contributed by atoms with E-state index in [1.54, 1.807) is 18.2 Å². The Labute approximate surface area is 163 Å². The molecular formula is C21H21ClN2O3. The number of hydrogen-bond donors (Lipinski definition) is 1. The first-order valence-electron chi connectivity index (χ1n) is 8.88. The van der Waals surface area contributed by atoms with Crippen molar-refractivity contribution in [3.05, 3.63) is 64.7 Å². The molecule has 1 heterocycles. The van der Waals surface area contributed by atoms with Crippen LogP contribution in [0.1, 0.15) is 31.4 Å². The van der Waals surface area contributed by atoms with Gasteiger partial charge in [-0.2, -0.15) is 0 Å². The Hall–Kier alpha value is -2.66. The first-order chi connectivity index (χ1) is 12.9. The van der Waals surface area contributed by atoms with E-state index in [9.17, 15) is 14.7 Å². The van der Waals surface area contributed by atoms with Crippen molar-refractivity contribution in [3.8, 4) is 0 Å². The first kappa shape index (κ1) is 19.1. The van der Waals surface area contributed by atoms with Crippen LogP contribution in [0.3, 0.4) is 0 Å². The maximum absolute atomic E-state index is 13.2. The summed E-state index contributed by atoms with van der Waals surface area (Å²) in [6, 6.07) is 14.1. The van der Waals surface area contributed by atoms with Gasteiger partial charge in [-0.05, 0) is 24.1 Å². The zero-order chi connectivity index (χ0) is 19.6. The molecule has 140 valence electrons. The topological polar surface area (TPSA) is 70.0 Å². The summed E-state index contributed by atoms with van der Waals surface area (Å²) in [5.41, 5.74) is 2.72. The number of benzodiazepines with no additional fused rings is 1. The first-order valence-corrected chi connectivity index (χ1v) is 9.26. The molecule has 1 unspecified atom stereocenters. The number of amides is 1. The van der Waals surface area contributed by atoms with E-state index in [2.05, 4.69) is 0 Å². The molecule has 5 nitrogen and oxygen atoms in total. The number of fused-ring (bicyclic) bond motifs is 1. The lowest BCUT2D eigenvalue weighted by Crippen LogP contribution is -2.43. The van der Waals surface area contributed by atoms with E-state index < -0.39 is 18.6 Å². The number of carbonyl (C=O) groups excluding carboxylic acids is 1. The van der Waals surface area contributed by atoms with Crippen LogP contribution in [-0.4, -0.2) is 35.3 Å². The molecule has 2 aromatic carbocycles. The summed E-state index contributed by atoms with van der Waals surface area (Å²) in [7, 11) is 0. The zero-order valence-electron chi connectivity index (χ0n) is 15.2. The largest absolute Gasteiger partial charge is 0.480 e. The second-order valence-electron chi connectivity index (χ2n) is 6.65. The molecule has 6 heteroatoms. The Bertz CT molecular complexity index is 896. The molecule has 27 heavy (non-hydrogen) atoms. The molecular weight excluding hydrogens is 364 g/mol. The molecule has 0 radical (unpaired) electrons. The predicted octanol–water partition coefficient (Wildman–Crippen LogP) is 4.02. The van der Waals surface area contributed by atoms with Crippen LogP contribution in [0.5, 0.6) is 0 Å². The van der Waals surface area contributed by atoms with Gasteiger partial charge in [-0.25, -0.2) is 0 Å². The summed E-state index contributed by atoms with van der Waals surface area (Å²) < 4.78 is 0. The number of rotatable bonds is 5. The van der Waals surface area contributed by atoms with Crippen LogP contribution in [0.25, 0.3) is 0 Å². The van der Waals surface area contributed by atoms with Crippen molar-refractivity contribution >= 4 is 34.9 Å². The average molecular weight is 385 g/mol. The van der Waals surface area contributed by atoms with Crippen LogP contribution >= 0.6 is 11.6 Å². The van der Waals surface area contributed by atoms with Crippen molar-refractivity contribution < 1.29 is 14.7 Å².